The van der Waals surface area contributed by atoms with Gasteiger partial charge in [-0.25, -0.2) is 0 Å². The summed E-state index contributed by atoms with van der Waals surface area (Å²) < 4.78 is 5.20. The predicted molar refractivity (Wildman–Crippen MR) is 43.1 cm³/mol. The SMILES string of the molecule is CC(C)C(=O)O[C@@H](C)C1CC1. The molecule has 0 unspecified atom stereocenters. The molecular formula is C9H16O2. The smallest absolute Gasteiger partial charge is 0.308 e. The maximum absolute atomic E-state index is 11.1. The fourth-order valence-corrected chi connectivity index (χ4v) is 0.981. The van der Waals surface area contributed by atoms with Crippen molar-refractivity contribution in [3.05, 3.63) is 0 Å². The van der Waals surface area contributed by atoms with Crippen molar-refractivity contribution in [1.82, 2.24) is 0 Å². The second kappa shape index (κ2) is 3.24. The van der Waals surface area contributed by atoms with E-state index < -0.39 is 0 Å². The number of carbonyl (C=O) groups is 1. The molecular weight excluding hydrogens is 140 g/mol. The van der Waals surface area contributed by atoms with Gasteiger partial charge >= 0.3 is 5.97 Å². The van der Waals surface area contributed by atoms with Crippen LogP contribution in [0.15, 0.2) is 0 Å². The van der Waals surface area contributed by atoms with Gasteiger partial charge in [0.15, 0.2) is 0 Å². The van der Waals surface area contributed by atoms with Gasteiger partial charge in [0.2, 0.25) is 0 Å². The minimum atomic E-state index is -0.0654. The molecule has 1 rings (SSSR count). The maximum Gasteiger partial charge on any atom is 0.308 e. The number of esters is 1. The van der Waals surface area contributed by atoms with Gasteiger partial charge in [-0.1, -0.05) is 13.8 Å². The largest absolute Gasteiger partial charge is 0.462 e. The zero-order valence-corrected chi connectivity index (χ0v) is 7.46. The van der Waals surface area contributed by atoms with Crippen LogP contribution >= 0.6 is 0 Å². The van der Waals surface area contributed by atoms with E-state index in [9.17, 15) is 4.79 Å². The van der Waals surface area contributed by atoms with E-state index in [0.29, 0.717) is 5.92 Å². The molecule has 2 heteroatoms. The molecule has 0 saturated heterocycles. The molecule has 0 spiro atoms. The third-order valence-corrected chi connectivity index (χ3v) is 2.06. The number of carbonyl (C=O) groups excluding carboxylic acids is 1. The lowest BCUT2D eigenvalue weighted by Crippen LogP contribution is -2.20. The van der Waals surface area contributed by atoms with Crippen molar-refractivity contribution in [3.8, 4) is 0 Å². The molecule has 1 atom stereocenters. The van der Waals surface area contributed by atoms with E-state index in [2.05, 4.69) is 0 Å². The van der Waals surface area contributed by atoms with Crippen LogP contribution in [0.1, 0.15) is 33.6 Å². The highest BCUT2D eigenvalue weighted by Gasteiger charge is 2.30. The molecule has 2 nitrogen and oxygen atoms in total. The van der Waals surface area contributed by atoms with Crippen LogP contribution in [0.2, 0.25) is 0 Å². The molecule has 0 aromatic rings. The van der Waals surface area contributed by atoms with Crippen LogP contribution in [0, 0.1) is 11.8 Å². The topological polar surface area (TPSA) is 26.3 Å². The van der Waals surface area contributed by atoms with Crippen molar-refractivity contribution < 1.29 is 9.53 Å². The van der Waals surface area contributed by atoms with E-state index in [-0.39, 0.29) is 18.0 Å². The third kappa shape index (κ3) is 2.52. The van der Waals surface area contributed by atoms with Crippen molar-refractivity contribution in [2.75, 3.05) is 0 Å². The molecule has 1 saturated carbocycles. The molecule has 64 valence electrons. The van der Waals surface area contributed by atoms with Gasteiger partial charge in [0, 0.05) is 0 Å². The van der Waals surface area contributed by atoms with Crippen molar-refractivity contribution in [2.45, 2.75) is 39.7 Å². The second-order valence-electron chi connectivity index (χ2n) is 3.63. The molecule has 0 aromatic carbocycles. The van der Waals surface area contributed by atoms with E-state index in [4.69, 9.17) is 4.74 Å². The van der Waals surface area contributed by atoms with Gasteiger partial charge in [0.1, 0.15) is 6.10 Å². The fourth-order valence-electron chi connectivity index (χ4n) is 0.981. The zero-order valence-electron chi connectivity index (χ0n) is 7.46. The maximum atomic E-state index is 11.1. The highest BCUT2D eigenvalue weighted by molar-refractivity contribution is 5.71. The summed E-state index contributed by atoms with van der Waals surface area (Å²) in [4.78, 5) is 11.1. The van der Waals surface area contributed by atoms with Crippen LogP contribution < -0.4 is 0 Å². The summed E-state index contributed by atoms with van der Waals surface area (Å²) in [6, 6.07) is 0. The number of ether oxygens (including phenoxy) is 1. The Balaban J connectivity index is 2.23. The summed E-state index contributed by atoms with van der Waals surface area (Å²) >= 11 is 0. The van der Waals surface area contributed by atoms with Gasteiger partial charge in [0.25, 0.3) is 0 Å². The molecule has 1 aliphatic rings. The van der Waals surface area contributed by atoms with E-state index in [0.717, 1.165) is 0 Å². The number of hydrogen-bond acceptors (Lipinski definition) is 2. The lowest BCUT2D eigenvalue weighted by atomic mass is 10.2. The first-order chi connectivity index (χ1) is 5.11. The zero-order chi connectivity index (χ0) is 8.43. The van der Waals surface area contributed by atoms with Crippen molar-refractivity contribution in [3.63, 3.8) is 0 Å². The Kier molecular flexibility index (Phi) is 2.53. The van der Waals surface area contributed by atoms with Crippen LogP contribution in [-0.4, -0.2) is 12.1 Å². The molecule has 0 aliphatic heterocycles. The Labute approximate surface area is 67.9 Å². The summed E-state index contributed by atoms with van der Waals surface area (Å²) in [6.07, 6.45) is 2.60. The third-order valence-electron chi connectivity index (χ3n) is 2.06. The average Bonchev–Trinajstić information content (AvgIpc) is 2.67. The van der Waals surface area contributed by atoms with E-state index in [1.165, 1.54) is 12.8 Å². The Morgan fingerprint density at radius 2 is 1.91 bits per heavy atom. The predicted octanol–water partition coefficient (Wildman–Crippen LogP) is 1.98. The van der Waals surface area contributed by atoms with Gasteiger partial charge in [-0.2, -0.15) is 0 Å². The first-order valence-corrected chi connectivity index (χ1v) is 4.31. The highest BCUT2D eigenvalue weighted by Crippen LogP contribution is 2.34. The number of hydrogen-bond donors (Lipinski definition) is 0. The normalized spacial score (nSPS) is 20.0. The van der Waals surface area contributed by atoms with Crippen LogP contribution in [-0.2, 0) is 9.53 Å². The van der Waals surface area contributed by atoms with Gasteiger partial charge < -0.3 is 4.74 Å². The highest BCUT2D eigenvalue weighted by atomic mass is 16.5. The first-order valence-electron chi connectivity index (χ1n) is 4.31. The molecule has 1 fully saturated rings. The summed E-state index contributed by atoms with van der Waals surface area (Å²) in [5.41, 5.74) is 0. The Hall–Kier alpha value is -0.530. The quantitative estimate of drug-likeness (QED) is 0.584. The van der Waals surface area contributed by atoms with E-state index in [1.54, 1.807) is 0 Å². The molecule has 0 heterocycles. The summed E-state index contributed by atoms with van der Waals surface area (Å²) in [5, 5.41) is 0. The summed E-state index contributed by atoms with van der Waals surface area (Å²) in [5.74, 6) is 0.596. The van der Waals surface area contributed by atoms with Gasteiger partial charge in [-0.3, -0.25) is 4.79 Å². The van der Waals surface area contributed by atoms with Gasteiger partial charge in [-0.15, -0.1) is 0 Å². The second-order valence-corrected chi connectivity index (χ2v) is 3.63. The molecule has 0 N–H and O–H groups in total. The summed E-state index contributed by atoms with van der Waals surface area (Å²) in [7, 11) is 0. The lowest BCUT2D eigenvalue weighted by molar-refractivity contribution is -0.152. The minimum absolute atomic E-state index is 0.0104. The van der Waals surface area contributed by atoms with Crippen molar-refractivity contribution >= 4 is 5.97 Å². The van der Waals surface area contributed by atoms with Crippen LogP contribution in [0.3, 0.4) is 0 Å². The number of rotatable bonds is 3. The standard InChI is InChI=1S/C9H16O2/c1-6(2)9(10)11-7(3)8-4-5-8/h6-8H,4-5H2,1-3H3/t7-/m0/s1. The first kappa shape index (κ1) is 8.57. The molecule has 0 radical (unpaired) electrons. The van der Waals surface area contributed by atoms with Gasteiger partial charge in [0.05, 0.1) is 5.92 Å². The molecule has 0 aromatic heterocycles. The average molecular weight is 156 g/mol. The molecule has 11 heavy (non-hydrogen) atoms. The van der Waals surface area contributed by atoms with Crippen molar-refractivity contribution in [2.24, 2.45) is 11.8 Å². The monoisotopic (exact) mass is 156 g/mol. The van der Waals surface area contributed by atoms with Crippen LogP contribution in [0.25, 0.3) is 0 Å². The van der Waals surface area contributed by atoms with Crippen molar-refractivity contribution in [1.29, 1.82) is 0 Å². The van der Waals surface area contributed by atoms with E-state index >= 15 is 0 Å². The Morgan fingerprint density at radius 3 is 2.27 bits per heavy atom. The minimum Gasteiger partial charge on any atom is -0.462 e. The molecule has 0 amide bonds. The summed E-state index contributed by atoms with van der Waals surface area (Å²) in [6.45, 7) is 5.71. The van der Waals surface area contributed by atoms with Crippen LogP contribution in [0.5, 0.6) is 0 Å². The Morgan fingerprint density at radius 1 is 1.36 bits per heavy atom. The lowest BCUT2D eigenvalue weighted by Gasteiger charge is -2.13. The molecule has 1 aliphatic carbocycles. The Bertz CT molecular complexity index is 148. The van der Waals surface area contributed by atoms with Gasteiger partial charge in [-0.05, 0) is 25.7 Å². The fraction of sp³-hybridized carbons (Fsp3) is 0.889. The van der Waals surface area contributed by atoms with Crippen LogP contribution in [0.4, 0.5) is 0 Å². The molecule has 0 bridgehead atoms. The van der Waals surface area contributed by atoms with E-state index in [1.807, 2.05) is 20.8 Å².